The third-order valence-corrected chi connectivity index (χ3v) is 5.16. The molecule has 0 N–H and O–H groups in total. The summed E-state index contributed by atoms with van der Waals surface area (Å²) in [6.07, 6.45) is 0.0749. The van der Waals surface area contributed by atoms with Gasteiger partial charge in [-0.15, -0.1) is 0 Å². The van der Waals surface area contributed by atoms with Crippen molar-refractivity contribution >= 4 is 11.9 Å². The monoisotopic (exact) mass is 403 g/mol. The van der Waals surface area contributed by atoms with Gasteiger partial charge in [0.2, 0.25) is 0 Å². The minimum absolute atomic E-state index is 0.0572. The highest BCUT2D eigenvalue weighted by molar-refractivity contribution is 5.78. The number of hydrogen-bond acceptors (Lipinski definition) is 4. The van der Waals surface area contributed by atoms with Gasteiger partial charge >= 0.3 is 12.7 Å². The molecule has 2 atom stereocenters. The number of carbonyl (C=O) groups excluding carboxylic acids is 2. The molecule has 1 aliphatic heterocycles. The molecule has 7 heteroatoms. The first-order chi connectivity index (χ1) is 13.8. The lowest BCUT2D eigenvalue weighted by molar-refractivity contribution is -0.126. The van der Waals surface area contributed by atoms with Gasteiger partial charge in [-0.25, -0.2) is 4.79 Å². The Balaban J connectivity index is 1.77. The standard InChI is InChI=1S/C22H23F2NO4/c1-15(26)14-22(18-6-4-3-5-7-18)12-13-25(21(27)29-22)16(2)17-8-10-19(11-9-17)28-20(23)24/h3-11,16,20H,12-14H2,1-2H3/t16-,22-/m0/s1. The number of ether oxygens (including phenoxy) is 2. The van der Waals surface area contributed by atoms with Crippen molar-refractivity contribution in [2.45, 2.75) is 44.9 Å². The fourth-order valence-corrected chi connectivity index (χ4v) is 3.70. The zero-order valence-corrected chi connectivity index (χ0v) is 16.3. The van der Waals surface area contributed by atoms with Crippen LogP contribution in [0.25, 0.3) is 0 Å². The summed E-state index contributed by atoms with van der Waals surface area (Å²) in [7, 11) is 0. The number of amides is 1. The summed E-state index contributed by atoms with van der Waals surface area (Å²) in [6, 6.07) is 15.1. The highest BCUT2D eigenvalue weighted by Gasteiger charge is 2.44. The molecular formula is C22H23F2NO4. The fourth-order valence-electron chi connectivity index (χ4n) is 3.70. The van der Waals surface area contributed by atoms with E-state index in [1.807, 2.05) is 37.3 Å². The molecule has 29 heavy (non-hydrogen) atoms. The number of carbonyl (C=O) groups is 2. The highest BCUT2D eigenvalue weighted by atomic mass is 19.3. The SMILES string of the molecule is CC(=O)C[C@]1(c2ccccc2)CCN([C@@H](C)c2ccc(OC(F)F)cc2)C(=O)O1. The summed E-state index contributed by atoms with van der Waals surface area (Å²) in [6.45, 7) is 0.835. The fraction of sp³-hybridized carbons (Fsp3) is 0.364. The summed E-state index contributed by atoms with van der Waals surface area (Å²) in [5.74, 6) is -0.000469. The predicted molar refractivity (Wildman–Crippen MR) is 103 cm³/mol. The lowest BCUT2D eigenvalue weighted by atomic mass is 9.84. The molecule has 154 valence electrons. The molecule has 0 aliphatic carbocycles. The van der Waals surface area contributed by atoms with Crippen LogP contribution >= 0.6 is 0 Å². The molecule has 1 fully saturated rings. The van der Waals surface area contributed by atoms with E-state index in [0.29, 0.717) is 13.0 Å². The van der Waals surface area contributed by atoms with Crippen molar-refractivity contribution in [2.24, 2.45) is 0 Å². The van der Waals surface area contributed by atoms with Crippen molar-refractivity contribution in [1.82, 2.24) is 4.90 Å². The van der Waals surface area contributed by atoms with Crippen LogP contribution in [0.4, 0.5) is 13.6 Å². The predicted octanol–water partition coefficient (Wildman–Crippen LogP) is 5.07. The van der Waals surface area contributed by atoms with Gasteiger partial charge in [0.05, 0.1) is 12.5 Å². The number of nitrogens with zero attached hydrogens (tertiary/aromatic N) is 1. The first-order valence-corrected chi connectivity index (χ1v) is 9.40. The second-order valence-electron chi connectivity index (χ2n) is 7.17. The second-order valence-corrected chi connectivity index (χ2v) is 7.17. The molecule has 0 saturated carbocycles. The molecule has 0 spiro atoms. The van der Waals surface area contributed by atoms with Crippen LogP contribution in [0.15, 0.2) is 54.6 Å². The van der Waals surface area contributed by atoms with Crippen molar-refractivity contribution in [3.63, 3.8) is 0 Å². The molecule has 5 nitrogen and oxygen atoms in total. The average Bonchev–Trinajstić information content (AvgIpc) is 2.68. The Morgan fingerprint density at radius 1 is 1.17 bits per heavy atom. The maximum absolute atomic E-state index is 12.9. The van der Waals surface area contributed by atoms with Crippen LogP contribution in [-0.2, 0) is 15.1 Å². The van der Waals surface area contributed by atoms with Crippen LogP contribution in [-0.4, -0.2) is 29.9 Å². The molecule has 1 aliphatic rings. The first kappa shape index (κ1) is 20.8. The second kappa shape index (κ2) is 8.59. The quantitative estimate of drug-likeness (QED) is 0.648. The van der Waals surface area contributed by atoms with E-state index < -0.39 is 18.3 Å². The van der Waals surface area contributed by atoms with E-state index in [9.17, 15) is 18.4 Å². The molecule has 3 rings (SSSR count). The van der Waals surface area contributed by atoms with Crippen LogP contribution in [0.1, 0.15) is 43.9 Å². The van der Waals surface area contributed by atoms with Crippen molar-refractivity contribution < 1.29 is 27.8 Å². The van der Waals surface area contributed by atoms with Gasteiger partial charge in [-0.2, -0.15) is 8.78 Å². The molecule has 1 amide bonds. The van der Waals surface area contributed by atoms with Gasteiger partial charge in [0, 0.05) is 13.0 Å². The van der Waals surface area contributed by atoms with E-state index in [0.717, 1.165) is 11.1 Å². The number of rotatable bonds is 7. The van der Waals surface area contributed by atoms with Crippen molar-refractivity contribution in [2.75, 3.05) is 6.54 Å². The Labute approximate surface area is 168 Å². The molecule has 0 unspecified atom stereocenters. The normalized spacial score (nSPS) is 20.3. The summed E-state index contributed by atoms with van der Waals surface area (Å²) < 4.78 is 34.8. The third-order valence-electron chi connectivity index (χ3n) is 5.16. The maximum Gasteiger partial charge on any atom is 0.411 e. The number of benzene rings is 2. The van der Waals surface area contributed by atoms with Crippen LogP contribution in [0.2, 0.25) is 0 Å². The maximum atomic E-state index is 12.9. The topological polar surface area (TPSA) is 55.8 Å². The molecule has 2 aromatic rings. The summed E-state index contributed by atoms with van der Waals surface area (Å²) >= 11 is 0. The molecule has 0 radical (unpaired) electrons. The van der Waals surface area contributed by atoms with Gasteiger partial charge < -0.3 is 14.4 Å². The Morgan fingerprint density at radius 2 is 1.83 bits per heavy atom. The van der Waals surface area contributed by atoms with E-state index in [-0.39, 0.29) is 24.0 Å². The number of ketones is 1. The van der Waals surface area contributed by atoms with Crippen molar-refractivity contribution in [3.05, 3.63) is 65.7 Å². The summed E-state index contributed by atoms with van der Waals surface area (Å²) in [5.41, 5.74) is 0.585. The van der Waals surface area contributed by atoms with Gasteiger partial charge in [0.15, 0.2) is 0 Å². The molecule has 2 aromatic carbocycles. The number of hydrogen-bond donors (Lipinski definition) is 0. The number of alkyl halides is 2. The minimum Gasteiger partial charge on any atom is -0.437 e. The van der Waals surface area contributed by atoms with E-state index in [1.54, 1.807) is 17.0 Å². The zero-order chi connectivity index (χ0) is 21.0. The van der Waals surface area contributed by atoms with E-state index in [2.05, 4.69) is 4.74 Å². The molecular weight excluding hydrogens is 380 g/mol. The summed E-state index contributed by atoms with van der Waals surface area (Å²) in [5, 5.41) is 0. The zero-order valence-electron chi connectivity index (χ0n) is 16.3. The first-order valence-electron chi connectivity index (χ1n) is 9.40. The van der Waals surface area contributed by atoms with Crippen molar-refractivity contribution in [1.29, 1.82) is 0 Å². The van der Waals surface area contributed by atoms with Gasteiger partial charge in [-0.3, -0.25) is 4.79 Å². The van der Waals surface area contributed by atoms with Gasteiger partial charge in [-0.05, 0) is 37.1 Å². The van der Waals surface area contributed by atoms with E-state index in [1.165, 1.54) is 19.1 Å². The number of Topliss-reactive ketones (excluding diaryl/α,β-unsaturated/α-hetero) is 1. The Morgan fingerprint density at radius 3 is 2.38 bits per heavy atom. The molecule has 1 saturated heterocycles. The number of halogens is 2. The van der Waals surface area contributed by atoms with Crippen LogP contribution in [0, 0.1) is 0 Å². The van der Waals surface area contributed by atoms with Gasteiger partial charge in [0.25, 0.3) is 0 Å². The van der Waals surface area contributed by atoms with E-state index >= 15 is 0 Å². The van der Waals surface area contributed by atoms with Gasteiger partial charge in [-0.1, -0.05) is 42.5 Å². The molecule has 1 heterocycles. The minimum atomic E-state index is -2.89. The Bertz CT molecular complexity index is 857. The Hall–Kier alpha value is -2.96. The smallest absolute Gasteiger partial charge is 0.411 e. The van der Waals surface area contributed by atoms with Crippen molar-refractivity contribution in [3.8, 4) is 5.75 Å². The van der Waals surface area contributed by atoms with Crippen LogP contribution in [0.3, 0.4) is 0 Å². The van der Waals surface area contributed by atoms with Crippen LogP contribution in [0.5, 0.6) is 5.75 Å². The number of cyclic esters (lactones) is 1. The average molecular weight is 403 g/mol. The van der Waals surface area contributed by atoms with Crippen LogP contribution < -0.4 is 4.74 Å². The highest BCUT2D eigenvalue weighted by Crippen LogP contribution is 2.39. The largest absolute Gasteiger partial charge is 0.437 e. The Kier molecular flexibility index (Phi) is 6.15. The lowest BCUT2D eigenvalue weighted by Gasteiger charge is -2.43. The van der Waals surface area contributed by atoms with E-state index in [4.69, 9.17) is 4.74 Å². The lowest BCUT2D eigenvalue weighted by Crippen LogP contribution is -2.49. The van der Waals surface area contributed by atoms with Gasteiger partial charge in [0.1, 0.15) is 17.1 Å². The summed E-state index contributed by atoms with van der Waals surface area (Å²) in [4.78, 5) is 26.3. The molecule has 0 aromatic heterocycles. The third kappa shape index (κ3) is 4.72. The molecule has 0 bridgehead atoms.